The quantitative estimate of drug-likeness (QED) is 0.159. The second-order valence-corrected chi connectivity index (χ2v) is 16.3. The van der Waals surface area contributed by atoms with E-state index < -0.39 is 14.3 Å². The predicted octanol–water partition coefficient (Wildman–Crippen LogP) is 3.19. The largest absolute Gasteiger partial charge is 0.457 e. The van der Waals surface area contributed by atoms with Gasteiger partial charge < -0.3 is 9.16 Å². The first kappa shape index (κ1) is 25.0. The molecule has 0 radical (unpaired) electrons. The van der Waals surface area contributed by atoms with Crippen LogP contribution in [0.15, 0.2) is 28.4 Å². The number of amides is 1. The molecule has 176 valence electrons. The van der Waals surface area contributed by atoms with Crippen molar-refractivity contribution in [2.45, 2.75) is 55.9 Å². The fraction of sp³-hybridized carbons (Fsp3) is 0.650. The standard InChI is InChI=1S/C20H31N5O4S2Si/c1-8-10-28-18(27)15-14(9-11-30-19-21-22-23-24(19)5)31-17-13(16(26)25(15)17)12-29-32(6,7)20(2,3)4/h8,13,17H,1,9-12H2,2-7H3/t13-,17+/m0/s1. The first-order valence-corrected chi connectivity index (χ1v) is 15.3. The Kier molecular flexibility index (Phi) is 7.57. The average molecular weight is 498 g/mol. The molecular weight excluding hydrogens is 466 g/mol. The van der Waals surface area contributed by atoms with Gasteiger partial charge in [0.2, 0.25) is 11.1 Å². The lowest BCUT2D eigenvalue weighted by Crippen LogP contribution is -2.60. The zero-order chi connectivity index (χ0) is 23.7. The van der Waals surface area contributed by atoms with Gasteiger partial charge >= 0.3 is 5.97 Å². The van der Waals surface area contributed by atoms with Crippen molar-refractivity contribution in [3.63, 3.8) is 0 Å². The number of aryl methyl sites for hydroxylation is 1. The Hall–Kier alpha value is -1.63. The van der Waals surface area contributed by atoms with Crippen molar-refractivity contribution in [3.05, 3.63) is 23.3 Å². The lowest BCUT2D eigenvalue weighted by atomic mass is 9.98. The van der Waals surface area contributed by atoms with E-state index in [0.717, 1.165) is 4.91 Å². The van der Waals surface area contributed by atoms with Crippen molar-refractivity contribution >= 4 is 43.7 Å². The van der Waals surface area contributed by atoms with Gasteiger partial charge in [0.15, 0.2) is 8.32 Å². The third-order valence-corrected chi connectivity index (χ3v) is 13.0. The molecule has 0 unspecified atom stereocenters. The molecule has 9 nitrogen and oxygen atoms in total. The van der Waals surface area contributed by atoms with E-state index in [0.29, 0.717) is 29.6 Å². The topological polar surface area (TPSA) is 99.4 Å². The predicted molar refractivity (Wildman–Crippen MR) is 127 cm³/mol. The summed E-state index contributed by atoms with van der Waals surface area (Å²) in [6, 6.07) is 0. The summed E-state index contributed by atoms with van der Waals surface area (Å²) >= 11 is 3.06. The smallest absolute Gasteiger partial charge is 0.356 e. The second-order valence-electron chi connectivity index (χ2n) is 9.24. The third kappa shape index (κ3) is 4.97. The van der Waals surface area contributed by atoms with Crippen LogP contribution in [0.4, 0.5) is 0 Å². The average Bonchev–Trinajstić information content (AvgIpc) is 3.27. The molecule has 2 aliphatic rings. The van der Waals surface area contributed by atoms with E-state index >= 15 is 0 Å². The van der Waals surface area contributed by atoms with Gasteiger partial charge in [0.1, 0.15) is 17.7 Å². The van der Waals surface area contributed by atoms with Gasteiger partial charge in [-0.3, -0.25) is 9.69 Å². The van der Waals surface area contributed by atoms with Crippen molar-refractivity contribution in [3.8, 4) is 0 Å². The molecule has 3 rings (SSSR count). The minimum absolute atomic E-state index is 0.0667. The number of tetrazole rings is 1. The zero-order valence-electron chi connectivity index (χ0n) is 19.5. The molecule has 1 aromatic rings. The number of thioether (sulfide) groups is 2. The lowest BCUT2D eigenvalue weighted by Gasteiger charge is -2.44. The molecule has 2 aliphatic heterocycles. The number of β-lactam (4-membered cyclic amide) rings is 1. The van der Waals surface area contributed by atoms with Gasteiger partial charge in [0.05, 0.1) is 5.92 Å². The first-order valence-electron chi connectivity index (χ1n) is 10.5. The summed E-state index contributed by atoms with van der Waals surface area (Å²) in [5, 5.41) is 12.1. The summed E-state index contributed by atoms with van der Waals surface area (Å²) in [5.74, 6) is -0.150. The van der Waals surface area contributed by atoms with E-state index in [-0.39, 0.29) is 28.8 Å². The van der Waals surface area contributed by atoms with Crippen molar-refractivity contribution in [2.75, 3.05) is 19.0 Å². The van der Waals surface area contributed by atoms with Gasteiger partial charge in [0.25, 0.3) is 0 Å². The maximum Gasteiger partial charge on any atom is 0.356 e. The number of hydrogen-bond donors (Lipinski definition) is 0. The molecule has 1 aromatic heterocycles. The number of fused-ring (bicyclic) bond motifs is 1. The molecule has 0 aliphatic carbocycles. The van der Waals surface area contributed by atoms with Crippen molar-refractivity contribution in [1.82, 2.24) is 25.1 Å². The van der Waals surface area contributed by atoms with E-state index in [4.69, 9.17) is 9.16 Å². The molecule has 12 heteroatoms. The molecule has 1 fully saturated rings. The lowest BCUT2D eigenvalue weighted by molar-refractivity contribution is -0.154. The van der Waals surface area contributed by atoms with E-state index in [1.54, 1.807) is 28.4 Å². The van der Waals surface area contributed by atoms with Crippen LogP contribution in [0, 0.1) is 5.92 Å². The van der Waals surface area contributed by atoms with Gasteiger partial charge in [-0.15, -0.1) is 16.9 Å². The molecule has 1 saturated heterocycles. The Morgan fingerprint density at radius 2 is 2.09 bits per heavy atom. The van der Waals surface area contributed by atoms with Crippen molar-refractivity contribution in [1.29, 1.82) is 0 Å². The maximum absolute atomic E-state index is 13.0. The molecule has 0 spiro atoms. The van der Waals surface area contributed by atoms with E-state index in [1.807, 2.05) is 0 Å². The number of ether oxygens (including phenoxy) is 1. The minimum atomic E-state index is -1.97. The highest BCUT2D eigenvalue weighted by molar-refractivity contribution is 8.04. The van der Waals surface area contributed by atoms with Gasteiger partial charge in [-0.2, -0.15) is 0 Å². The summed E-state index contributed by atoms with van der Waals surface area (Å²) in [6.07, 6.45) is 2.12. The van der Waals surface area contributed by atoms with Gasteiger partial charge in [-0.1, -0.05) is 45.2 Å². The van der Waals surface area contributed by atoms with E-state index in [2.05, 4.69) is 56.0 Å². The number of rotatable bonds is 10. The second kappa shape index (κ2) is 9.70. The molecule has 32 heavy (non-hydrogen) atoms. The highest BCUT2D eigenvalue weighted by Gasteiger charge is 2.56. The van der Waals surface area contributed by atoms with Crippen LogP contribution in [-0.2, 0) is 25.8 Å². The molecule has 0 saturated carbocycles. The first-order chi connectivity index (χ1) is 15.0. The summed E-state index contributed by atoms with van der Waals surface area (Å²) in [4.78, 5) is 28.2. The van der Waals surface area contributed by atoms with Crippen LogP contribution in [0.1, 0.15) is 27.2 Å². The van der Waals surface area contributed by atoms with Crippen LogP contribution >= 0.6 is 23.5 Å². The van der Waals surface area contributed by atoms with Crippen LogP contribution in [-0.4, -0.2) is 69.6 Å². The fourth-order valence-electron chi connectivity index (χ4n) is 3.07. The number of esters is 1. The molecule has 3 heterocycles. The Balaban J connectivity index is 1.70. The molecule has 2 atom stereocenters. The van der Waals surface area contributed by atoms with Crippen molar-refractivity contribution < 1.29 is 18.8 Å². The van der Waals surface area contributed by atoms with Crippen LogP contribution in [0.5, 0.6) is 0 Å². The normalized spacial score (nSPS) is 20.9. The van der Waals surface area contributed by atoms with Gasteiger partial charge in [-0.25, -0.2) is 9.48 Å². The van der Waals surface area contributed by atoms with Crippen molar-refractivity contribution in [2.24, 2.45) is 13.0 Å². The Bertz CT molecular complexity index is 927. The number of hydrogen-bond acceptors (Lipinski definition) is 9. The number of aromatic nitrogens is 4. The molecule has 0 aromatic carbocycles. The fourth-order valence-corrected chi connectivity index (χ4v) is 6.51. The minimum Gasteiger partial charge on any atom is -0.457 e. The number of carbonyl (C=O) groups excluding carboxylic acids is 2. The number of allylic oxidation sites excluding steroid dienone is 1. The zero-order valence-corrected chi connectivity index (χ0v) is 22.1. The van der Waals surface area contributed by atoms with Crippen LogP contribution < -0.4 is 0 Å². The SMILES string of the molecule is C=CCOC(=O)C1=C(CCSc2nnnn2C)S[C@@H]2[C@@H](CO[Si](C)(C)C(C)(C)C)C(=O)N12. The van der Waals surface area contributed by atoms with Crippen LogP contribution in [0.25, 0.3) is 0 Å². The highest BCUT2D eigenvalue weighted by Crippen LogP contribution is 2.51. The summed E-state index contributed by atoms with van der Waals surface area (Å²) < 4.78 is 13.2. The Morgan fingerprint density at radius 1 is 1.38 bits per heavy atom. The number of carbonyl (C=O) groups is 2. The third-order valence-electron chi connectivity index (χ3n) is 6.02. The molecule has 0 N–H and O–H groups in total. The monoisotopic (exact) mass is 497 g/mol. The van der Waals surface area contributed by atoms with E-state index in [9.17, 15) is 9.59 Å². The Morgan fingerprint density at radius 3 is 2.69 bits per heavy atom. The molecule has 0 bridgehead atoms. The maximum atomic E-state index is 13.0. The summed E-state index contributed by atoms with van der Waals surface area (Å²) in [5.41, 5.74) is 0.354. The summed E-state index contributed by atoms with van der Waals surface area (Å²) in [6.45, 7) is 15.0. The van der Waals surface area contributed by atoms with Crippen LogP contribution in [0.2, 0.25) is 18.1 Å². The molecule has 1 amide bonds. The highest BCUT2D eigenvalue weighted by atomic mass is 32.2. The number of nitrogens with zero attached hydrogens (tertiary/aromatic N) is 5. The Labute approximate surface area is 198 Å². The van der Waals surface area contributed by atoms with Gasteiger partial charge in [-0.05, 0) is 35.0 Å². The van der Waals surface area contributed by atoms with Gasteiger partial charge in [0, 0.05) is 24.3 Å². The van der Waals surface area contributed by atoms with E-state index in [1.165, 1.54) is 17.8 Å². The van der Waals surface area contributed by atoms with Crippen LogP contribution in [0.3, 0.4) is 0 Å². The molecular formula is C20H31N5O4S2Si. The summed E-state index contributed by atoms with van der Waals surface area (Å²) in [7, 11) is -0.196.